The number of aromatic nitrogens is 2. The molecule has 8 heteroatoms. The van der Waals surface area contributed by atoms with Crippen molar-refractivity contribution >= 4 is 23.5 Å². The maximum Gasteiger partial charge on any atom is 0.326 e. The topological polar surface area (TPSA) is 101 Å². The van der Waals surface area contributed by atoms with Crippen LogP contribution >= 0.6 is 11.6 Å². The van der Waals surface area contributed by atoms with E-state index >= 15 is 0 Å². The zero-order chi connectivity index (χ0) is 14.3. The standard InChI is InChI=1S/C11H14ClN3O4/c1-19-4-2-3-7(11(17)18)15-10(16)8-5-14-9(12)6-13-8/h5-7H,2-4H2,1H3,(H,15,16)(H,17,18). The predicted molar refractivity (Wildman–Crippen MR) is 67.0 cm³/mol. The van der Waals surface area contributed by atoms with Crippen LogP contribution in [-0.2, 0) is 9.53 Å². The van der Waals surface area contributed by atoms with Gasteiger partial charge in [0.1, 0.15) is 16.9 Å². The lowest BCUT2D eigenvalue weighted by molar-refractivity contribution is -0.139. The highest BCUT2D eigenvalue weighted by Gasteiger charge is 2.20. The Bertz CT molecular complexity index is 438. The second-order valence-electron chi connectivity index (χ2n) is 3.72. The highest BCUT2D eigenvalue weighted by molar-refractivity contribution is 6.29. The van der Waals surface area contributed by atoms with Crippen LogP contribution in [0.25, 0.3) is 0 Å². The third-order valence-electron chi connectivity index (χ3n) is 2.30. The molecular weight excluding hydrogens is 274 g/mol. The van der Waals surface area contributed by atoms with Crippen molar-refractivity contribution in [2.45, 2.75) is 18.9 Å². The number of nitrogens with one attached hydrogen (secondary N) is 1. The molecule has 1 amide bonds. The number of amides is 1. The van der Waals surface area contributed by atoms with Crippen molar-refractivity contribution < 1.29 is 19.4 Å². The average Bonchev–Trinajstić information content (AvgIpc) is 2.38. The van der Waals surface area contributed by atoms with Crippen molar-refractivity contribution in [1.29, 1.82) is 0 Å². The first-order valence-corrected chi connectivity index (χ1v) is 5.92. The molecule has 0 aromatic carbocycles. The SMILES string of the molecule is COCCCC(NC(=O)c1cnc(Cl)cn1)C(=O)O. The fourth-order valence-corrected chi connectivity index (χ4v) is 1.45. The van der Waals surface area contributed by atoms with E-state index in [1.165, 1.54) is 19.5 Å². The zero-order valence-electron chi connectivity index (χ0n) is 10.3. The molecule has 0 fully saturated rings. The molecule has 104 valence electrons. The number of nitrogens with zero attached hydrogens (tertiary/aromatic N) is 2. The molecule has 1 atom stereocenters. The van der Waals surface area contributed by atoms with Crippen LogP contribution in [0, 0.1) is 0 Å². The van der Waals surface area contributed by atoms with Gasteiger partial charge in [-0.05, 0) is 12.8 Å². The number of halogens is 1. The third kappa shape index (κ3) is 5.19. The highest BCUT2D eigenvalue weighted by Crippen LogP contribution is 2.03. The summed E-state index contributed by atoms with van der Waals surface area (Å²) in [7, 11) is 1.53. The molecule has 0 spiro atoms. The molecule has 1 aromatic heterocycles. The maximum atomic E-state index is 11.8. The van der Waals surface area contributed by atoms with E-state index in [0.717, 1.165) is 0 Å². The second-order valence-corrected chi connectivity index (χ2v) is 4.11. The summed E-state index contributed by atoms with van der Waals surface area (Å²) in [6.45, 7) is 0.431. The van der Waals surface area contributed by atoms with Crippen LogP contribution < -0.4 is 5.32 Å². The van der Waals surface area contributed by atoms with Gasteiger partial charge in [0.15, 0.2) is 0 Å². The fourth-order valence-electron chi connectivity index (χ4n) is 1.35. The summed E-state index contributed by atoms with van der Waals surface area (Å²) < 4.78 is 4.83. The molecule has 0 saturated heterocycles. The molecule has 0 radical (unpaired) electrons. The van der Waals surface area contributed by atoms with E-state index in [1.54, 1.807) is 0 Å². The number of carbonyl (C=O) groups excluding carboxylic acids is 1. The summed E-state index contributed by atoms with van der Waals surface area (Å²) >= 11 is 5.54. The highest BCUT2D eigenvalue weighted by atomic mass is 35.5. The Hall–Kier alpha value is -1.73. The smallest absolute Gasteiger partial charge is 0.326 e. The van der Waals surface area contributed by atoms with E-state index in [4.69, 9.17) is 21.4 Å². The Labute approximate surface area is 115 Å². The molecule has 19 heavy (non-hydrogen) atoms. The lowest BCUT2D eigenvalue weighted by atomic mass is 10.1. The Balaban J connectivity index is 2.60. The summed E-state index contributed by atoms with van der Waals surface area (Å²) in [6, 6.07) is -0.986. The van der Waals surface area contributed by atoms with E-state index in [-0.39, 0.29) is 17.3 Å². The van der Waals surface area contributed by atoms with E-state index in [0.29, 0.717) is 13.0 Å². The van der Waals surface area contributed by atoms with Gasteiger partial charge in [-0.2, -0.15) is 0 Å². The van der Waals surface area contributed by atoms with E-state index in [9.17, 15) is 9.59 Å². The minimum atomic E-state index is -1.11. The van der Waals surface area contributed by atoms with Gasteiger partial charge in [0.2, 0.25) is 0 Å². The molecule has 1 unspecified atom stereocenters. The second kappa shape index (κ2) is 7.65. The van der Waals surface area contributed by atoms with Crippen molar-refractivity contribution in [3.63, 3.8) is 0 Å². The minimum absolute atomic E-state index is 0.0161. The molecule has 0 saturated carbocycles. The van der Waals surface area contributed by atoms with E-state index in [2.05, 4.69) is 15.3 Å². The lowest BCUT2D eigenvalue weighted by Crippen LogP contribution is -2.41. The number of hydrogen-bond donors (Lipinski definition) is 2. The molecule has 1 heterocycles. The van der Waals surface area contributed by atoms with Crippen molar-refractivity contribution in [2.24, 2.45) is 0 Å². The summed E-state index contributed by atoms with van der Waals surface area (Å²) in [5.41, 5.74) is 0.0161. The monoisotopic (exact) mass is 287 g/mol. The van der Waals surface area contributed by atoms with Gasteiger partial charge in [-0.1, -0.05) is 11.6 Å². The Morgan fingerprint density at radius 3 is 2.74 bits per heavy atom. The Kier molecular flexibility index (Phi) is 6.17. The largest absolute Gasteiger partial charge is 0.480 e. The fraction of sp³-hybridized carbons (Fsp3) is 0.455. The van der Waals surface area contributed by atoms with Crippen molar-refractivity contribution in [1.82, 2.24) is 15.3 Å². The molecular formula is C11H14ClN3O4. The van der Waals surface area contributed by atoms with Crippen LogP contribution in [-0.4, -0.2) is 46.7 Å². The number of carbonyl (C=O) groups is 2. The number of rotatable bonds is 7. The van der Waals surface area contributed by atoms with Gasteiger partial charge in [-0.15, -0.1) is 0 Å². The maximum absolute atomic E-state index is 11.8. The first kappa shape index (κ1) is 15.3. The zero-order valence-corrected chi connectivity index (χ0v) is 11.1. The van der Waals surface area contributed by atoms with Gasteiger partial charge in [0.25, 0.3) is 5.91 Å². The third-order valence-corrected chi connectivity index (χ3v) is 2.49. The molecule has 1 aromatic rings. The molecule has 0 aliphatic heterocycles. The van der Waals surface area contributed by atoms with Gasteiger partial charge in [0.05, 0.1) is 12.4 Å². The van der Waals surface area contributed by atoms with Gasteiger partial charge in [0, 0.05) is 13.7 Å². The summed E-state index contributed by atoms with van der Waals surface area (Å²) in [6.07, 6.45) is 3.21. The van der Waals surface area contributed by atoms with Crippen molar-refractivity contribution in [3.05, 3.63) is 23.2 Å². The van der Waals surface area contributed by atoms with E-state index in [1.807, 2.05) is 0 Å². The van der Waals surface area contributed by atoms with Gasteiger partial charge >= 0.3 is 5.97 Å². The Morgan fingerprint density at radius 2 is 2.21 bits per heavy atom. The van der Waals surface area contributed by atoms with E-state index < -0.39 is 17.9 Å². The number of ether oxygens (including phenoxy) is 1. The first-order valence-electron chi connectivity index (χ1n) is 5.54. The van der Waals surface area contributed by atoms with Crippen LogP contribution in [0.4, 0.5) is 0 Å². The van der Waals surface area contributed by atoms with Gasteiger partial charge in [-0.25, -0.2) is 14.8 Å². The predicted octanol–water partition coefficient (Wildman–Crippen LogP) is 0.740. The molecule has 2 N–H and O–H groups in total. The number of carboxylic acids is 1. The van der Waals surface area contributed by atoms with Crippen molar-refractivity contribution in [3.8, 4) is 0 Å². The molecule has 1 rings (SSSR count). The van der Waals surface area contributed by atoms with Crippen LogP contribution in [0.1, 0.15) is 23.3 Å². The number of methoxy groups -OCH3 is 1. The summed E-state index contributed by atoms with van der Waals surface area (Å²) in [5.74, 6) is -1.71. The summed E-state index contributed by atoms with van der Waals surface area (Å²) in [5, 5.41) is 11.5. The molecule has 0 aliphatic carbocycles. The van der Waals surface area contributed by atoms with Gasteiger partial charge in [-0.3, -0.25) is 4.79 Å². The van der Waals surface area contributed by atoms with Crippen LogP contribution in [0.3, 0.4) is 0 Å². The number of aliphatic carboxylic acids is 1. The van der Waals surface area contributed by atoms with Gasteiger partial charge < -0.3 is 15.2 Å². The number of carboxylic acid groups (broad SMARTS) is 1. The van der Waals surface area contributed by atoms with Crippen LogP contribution in [0.5, 0.6) is 0 Å². The first-order chi connectivity index (χ1) is 9.04. The molecule has 0 aliphatic rings. The molecule has 0 bridgehead atoms. The quantitative estimate of drug-likeness (QED) is 0.717. The normalized spacial score (nSPS) is 11.9. The minimum Gasteiger partial charge on any atom is -0.480 e. The lowest BCUT2D eigenvalue weighted by Gasteiger charge is -2.13. The van der Waals surface area contributed by atoms with Crippen LogP contribution in [0.2, 0.25) is 5.15 Å². The average molecular weight is 288 g/mol. The summed E-state index contributed by atoms with van der Waals surface area (Å²) in [4.78, 5) is 30.2. The van der Waals surface area contributed by atoms with Crippen molar-refractivity contribution in [2.75, 3.05) is 13.7 Å². The molecule has 7 nitrogen and oxygen atoms in total. The number of hydrogen-bond acceptors (Lipinski definition) is 5. The Morgan fingerprint density at radius 1 is 1.47 bits per heavy atom. The van der Waals surface area contributed by atoms with Crippen LogP contribution in [0.15, 0.2) is 12.4 Å².